The number of ether oxygens (including phenoxy) is 1. The number of carbonyl (C=O) groups excluding carboxylic acids is 2. The molecule has 1 saturated heterocycles. The number of likely N-dealkylation sites (tertiary alicyclic amines) is 1. The number of rotatable bonds is 10. The summed E-state index contributed by atoms with van der Waals surface area (Å²) in [4.78, 5) is 53.3. The normalized spacial score (nSPS) is 20.3. The maximum Gasteiger partial charge on any atom is 0.297 e. The van der Waals surface area contributed by atoms with Crippen molar-refractivity contribution >= 4 is 23.2 Å². The second-order valence-corrected chi connectivity index (χ2v) is 11.0. The lowest BCUT2D eigenvalue weighted by Gasteiger charge is -2.28. The van der Waals surface area contributed by atoms with E-state index >= 15 is 0 Å². The van der Waals surface area contributed by atoms with Crippen LogP contribution in [0.3, 0.4) is 0 Å². The number of carbonyl (C=O) groups is 2. The second-order valence-electron chi connectivity index (χ2n) is 11.0. The maximum absolute atomic E-state index is 13.9. The second kappa shape index (κ2) is 12.4. The zero-order valence-electron chi connectivity index (χ0n) is 24.5. The number of aromatic nitrogens is 1. The van der Waals surface area contributed by atoms with Gasteiger partial charge in [0.1, 0.15) is 0 Å². The quantitative estimate of drug-likeness (QED) is 0.204. The van der Waals surface area contributed by atoms with Crippen molar-refractivity contribution in [3.05, 3.63) is 105 Å². The summed E-state index contributed by atoms with van der Waals surface area (Å²) in [6.07, 6.45) is 6.37. The number of benzene rings is 2. The number of nitrogens with zero attached hydrogens (tertiary/aromatic N) is 4. The highest BCUT2D eigenvalue weighted by Gasteiger charge is 2.53. The first kappa shape index (κ1) is 30.6. The average molecular weight is 603 g/mol. The number of methoxy groups -OCH3 is 1. The number of aliphatic hydroxyl groups excluding tert-OH is 1. The van der Waals surface area contributed by atoms with Gasteiger partial charge in [-0.1, -0.05) is 31.2 Å². The zero-order chi connectivity index (χ0) is 31.6. The van der Waals surface area contributed by atoms with Gasteiger partial charge in [0.25, 0.3) is 17.2 Å². The van der Waals surface area contributed by atoms with E-state index in [1.54, 1.807) is 66.6 Å². The highest BCUT2D eigenvalue weighted by Crippen LogP contribution is 2.47. The van der Waals surface area contributed by atoms with Gasteiger partial charge in [0, 0.05) is 48.5 Å². The Balaban J connectivity index is 1.40. The van der Waals surface area contributed by atoms with E-state index in [1.165, 1.54) is 34.8 Å². The molecular weight excluding hydrogens is 568 g/mol. The van der Waals surface area contributed by atoms with E-state index in [4.69, 9.17) is 4.74 Å². The van der Waals surface area contributed by atoms with Crippen LogP contribution in [0.5, 0.6) is 5.75 Å². The van der Waals surface area contributed by atoms with Gasteiger partial charge in [-0.25, -0.2) is 0 Å². The van der Waals surface area contributed by atoms with E-state index in [0.717, 1.165) is 12.8 Å². The van der Waals surface area contributed by atoms with Crippen LogP contribution >= 0.6 is 0 Å². The van der Waals surface area contributed by atoms with Gasteiger partial charge in [-0.05, 0) is 48.7 Å². The third-order valence-electron chi connectivity index (χ3n) is 8.44. The molecule has 3 heterocycles. The topological polar surface area (TPSA) is 155 Å². The van der Waals surface area contributed by atoms with Crippen molar-refractivity contribution in [2.24, 2.45) is 5.92 Å². The smallest absolute Gasteiger partial charge is 0.297 e. The molecule has 230 valence electrons. The zero-order valence-corrected chi connectivity index (χ0v) is 24.5. The van der Waals surface area contributed by atoms with Gasteiger partial charge in [0.2, 0.25) is 5.91 Å². The molecule has 0 saturated carbocycles. The predicted octanol–water partition coefficient (Wildman–Crippen LogP) is 3.05. The van der Waals surface area contributed by atoms with Crippen LogP contribution in [0.25, 0.3) is 5.69 Å². The lowest BCUT2D eigenvalue weighted by molar-refractivity contribution is -0.385. The van der Waals surface area contributed by atoms with E-state index < -0.39 is 22.3 Å². The van der Waals surface area contributed by atoms with Gasteiger partial charge in [-0.3, -0.25) is 29.1 Å². The Hall–Kier alpha value is -4.81. The van der Waals surface area contributed by atoms with Crippen molar-refractivity contribution in [3.8, 4) is 11.4 Å². The summed E-state index contributed by atoms with van der Waals surface area (Å²) in [6.45, 7) is 2.15. The molecule has 2 amide bonds. The maximum atomic E-state index is 13.9. The first-order chi connectivity index (χ1) is 21.1. The largest absolute Gasteiger partial charge is 0.491 e. The number of aliphatic hydroxyl groups is 2. The third kappa shape index (κ3) is 5.49. The molecule has 0 bridgehead atoms. The molecule has 3 atom stereocenters. The van der Waals surface area contributed by atoms with Crippen molar-refractivity contribution in [1.82, 2.24) is 9.47 Å². The van der Waals surface area contributed by atoms with Crippen LogP contribution in [0.15, 0.2) is 77.7 Å². The number of pyridine rings is 1. The van der Waals surface area contributed by atoms with Crippen LogP contribution in [0.1, 0.15) is 37.3 Å². The number of fused-ring (bicyclic) bond motifs is 1. The number of nitro benzene ring substituents is 1. The van der Waals surface area contributed by atoms with Crippen molar-refractivity contribution in [2.45, 2.75) is 44.4 Å². The van der Waals surface area contributed by atoms with E-state index in [-0.39, 0.29) is 54.1 Å². The van der Waals surface area contributed by atoms with Crippen LogP contribution in [-0.4, -0.2) is 62.7 Å². The standard InChI is InChI=1S/C32H34N4O8/c1-21(6-3-9-29(38)33-16-4-7-25(33)20-37)32(41)26-18-24(36(42)43)14-15-27(26)35(31(32)40)19-22-10-12-23(13-11-22)34-17-5-8-28(44-2)30(34)39/h3,5-6,8,10-15,17-18,21,25,37,41H,4,7,9,16,19-20H2,1-2H3/b6-3+/t21-,25+,32+/m1/s1. The molecule has 2 aliphatic rings. The Bertz CT molecular complexity index is 1670. The Kier molecular flexibility index (Phi) is 8.66. The summed E-state index contributed by atoms with van der Waals surface area (Å²) in [5.41, 5.74) is -0.962. The summed E-state index contributed by atoms with van der Waals surface area (Å²) >= 11 is 0. The van der Waals surface area contributed by atoms with Crippen molar-refractivity contribution in [2.75, 3.05) is 25.2 Å². The first-order valence-corrected chi connectivity index (χ1v) is 14.3. The minimum Gasteiger partial charge on any atom is -0.491 e. The summed E-state index contributed by atoms with van der Waals surface area (Å²) in [6, 6.07) is 14.0. The molecule has 12 heteroatoms. The van der Waals surface area contributed by atoms with E-state index in [1.807, 2.05) is 0 Å². The van der Waals surface area contributed by atoms with Gasteiger partial charge in [-0.2, -0.15) is 0 Å². The summed E-state index contributed by atoms with van der Waals surface area (Å²) in [5, 5.41) is 33.0. The monoisotopic (exact) mass is 602 g/mol. The van der Waals surface area contributed by atoms with Crippen molar-refractivity contribution in [1.29, 1.82) is 0 Å². The fraction of sp³-hybridized carbons (Fsp3) is 0.344. The number of nitro groups is 1. The fourth-order valence-corrected chi connectivity index (χ4v) is 5.97. The summed E-state index contributed by atoms with van der Waals surface area (Å²) in [7, 11) is 1.42. The van der Waals surface area contributed by atoms with Gasteiger partial charge in [-0.15, -0.1) is 0 Å². The Labute approximate surface area is 253 Å². The molecule has 0 unspecified atom stereocenters. The minimum absolute atomic E-state index is 0.0271. The molecule has 44 heavy (non-hydrogen) atoms. The highest BCUT2D eigenvalue weighted by molar-refractivity contribution is 6.07. The number of hydrogen-bond acceptors (Lipinski definition) is 8. The molecule has 12 nitrogen and oxygen atoms in total. The van der Waals surface area contributed by atoms with E-state index in [2.05, 4.69) is 0 Å². The van der Waals surface area contributed by atoms with Crippen LogP contribution in [0, 0.1) is 16.0 Å². The van der Waals surface area contributed by atoms with Crippen LogP contribution in [0.4, 0.5) is 11.4 Å². The fourth-order valence-electron chi connectivity index (χ4n) is 5.97. The molecule has 5 rings (SSSR count). The molecule has 1 aromatic heterocycles. The highest BCUT2D eigenvalue weighted by atomic mass is 16.6. The number of non-ortho nitro benzene ring substituents is 1. The molecule has 2 N–H and O–H groups in total. The van der Waals surface area contributed by atoms with Crippen LogP contribution < -0.4 is 15.2 Å². The SMILES string of the molecule is COc1cccn(-c2ccc(CN3C(=O)[C@](O)([C@H](C)/C=C/CC(=O)N4CCC[C@H]4CO)c4cc([N+](=O)[O-])ccc43)cc2)c1=O. The molecule has 2 aromatic carbocycles. The van der Waals surface area contributed by atoms with Crippen LogP contribution in [0.2, 0.25) is 0 Å². The number of hydrogen-bond donors (Lipinski definition) is 2. The Morgan fingerprint density at radius 1 is 1.20 bits per heavy atom. The lowest BCUT2D eigenvalue weighted by Crippen LogP contribution is -2.44. The lowest BCUT2D eigenvalue weighted by atomic mass is 9.82. The molecular formula is C32H34N4O8. The third-order valence-corrected chi connectivity index (χ3v) is 8.44. The van der Waals surface area contributed by atoms with Gasteiger partial charge in [0.05, 0.1) is 36.9 Å². The molecule has 2 aliphatic heterocycles. The molecule has 0 aliphatic carbocycles. The van der Waals surface area contributed by atoms with Gasteiger partial charge >= 0.3 is 0 Å². The number of amides is 2. The minimum atomic E-state index is -2.12. The first-order valence-electron chi connectivity index (χ1n) is 14.3. The average Bonchev–Trinajstić information content (AvgIpc) is 3.59. The van der Waals surface area contributed by atoms with E-state index in [9.17, 15) is 34.7 Å². The van der Waals surface area contributed by atoms with Crippen LogP contribution in [-0.2, 0) is 21.7 Å². The molecule has 0 radical (unpaired) electrons. The van der Waals surface area contributed by atoms with Crippen molar-refractivity contribution in [3.63, 3.8) is 0 Å². The summed E-state index contributed by atoms with van der Waals surface area (Å²) in [5.74, 6) is -1.44. The van der Waals surface area contributed by atoms with Gasteiger partial charge < -0.3 is 24.7 Å². The Morgan fingerprint density at radius 3 is 2.64 bits per heavy atom. The molecule has 1 fully saturated rings. The summed E-state index contributed by atoms with van der Waals surface area (Å²) < 4.78 is 6.55. The van der Waals surface area contributed by atoms with Gasteiger partial charge in [0.15, 0.2) is 11.4 Å². The molecule has 0 spiro atoms. The van der Waals surface area contributed by atoms with Crippen molar-refractivity contribution < 1.29 is 29.5 Å². The Morgan fingerprint density at radius 2 is 1.95 bits per heavy atom. The molecule has 3 aromatic rings. The van der Waals surface area contributed by atoms with E-state index in [0.29, 0.717) is 23.5 Å². The number of anilines is 1. The predicted molar refractivity (Wildman–Crippen MR) is 162 cm³/mol.